The molecule has 0 aliphatic heterocycles. The third-order valence-corrected chi connectivity index (χ3v) is 3.25. The summed E-state index contributed by atoms with van der Waals surface area (Å²) in [7, 11) is 1.77. The van der Waals surface area contributed by atoms with Crippen LogP contribution in [0.2, 0.25) is 0 Å². The Kier molecular flexibility index (Phi) is 3.61. The first-order valence-electron chi connectivity index (χ1n) is 5.58. The molecule has 18 heavy (non-hydrogen) atoms. The van der Waals surface area contributed by atoms with E-state index in [4.69, 9.17) is 5.73 Å². The molecule has 6 nitrogen and oxygen atoms in total. The lowest BCUT2D eigenvalue weighted by Crippen LogP contribution is -2.24. The lowest BCUT2D eigenvalue weighted by atomic mass is 10.2. The first-order chi connectivity index (χ1) is 8.60. The van der Waals surface area contributed by atoms with Gasteiger partial charge < -0.3 is 16.4 Å². The van der Waals surface area contributed by atoms with E-state index in [1.165, 1.54) is 0 Å². The Morgan fingerprint density at radius 2 is 2.33 bits per heavy atom. The number of rotatable bonds is 5. The average molecular weight is 265 g/mol. The highest BCUT2D eigenvalue weighted by molar-refractivity contribution is 7.16. The number of amides is 1. The molecule has 0 spiro atoms. The second-order valence-electron chi connectivity index (χ2n) is 4.00. The van der Waals surface area contributed by atoms with E-state index < -0.39 is 0 Å². The number of hydrogen-bond acceptors (Lipinski definition) is 6. The number of carbonyl (C=O) groups excluding carboxylic acids is 1. The molecule has 1 amide bonds. The van der Waals surface area contributed by atoms with Crippen molar-refractivity contribution < 1.29 is 4.79 Å². The minimum absolute atomic E-state index is 0.0646. The zero-order chi connectivity index (χ0) is 13.1. The number of nitrogens with two attached hydrogens (primary N) is 1. The van der Waals surface area contributed by atoms with E-state index in [9.17, 15) is 4.79 Å². The van der Waals surface area contributed by atoms with Crippen LogP contribution in [0.4, 0.5) is 11.8 Å². The Morgan fingerprint density at radius 3 is 3.00 bits per heavy atom. The van der Waals surface area contributed by atoms with Gasteiger partial charge in [0, 0.05) is 19.5 Å². The zero-order valence-electron chi connectivity index (χ0n) is 10.2. The predicted molar refractivity (Wildman–Crippen MR) is 73.9 cm³/mol. The molecular weight excluding hydrogens is 250 g/mol. The van der Waals surface area contributed by atoms with E-state index in [0.717, 1.165) is 16.0 Å². The Morgan fingerprint density at radius 1 is 1.56 bits per heavy atom. The summed E-state index contributed by atoms with van der Waals surface area (Å²) in [5.41, 5.74) is 5.17. The molecule has 0 saturated carbocycles. The number of aromatic nitrogens is 2. The van der Waals surface area contributed by atoms with Crippen LogP contribution in [0, 0.1) is 0 Å². The Bertz CT molecular complexity index is 568. The Labute approximate surface area is 109 Å². The molecule has 0 saturated heterocycles. The first-order valence-corrected chi connectivity index (χ1v) is 6.46. The minimum atomic E-state index is -0.334. The smallest absolute Gasteiger partial charge is 0.225 e. The fraction of sp³-hybridized carbons (Fsp3) is 0.364. The summed E-state index contributed by atoms with van der Waals surface area (Å²) in [6, 6.07) is 1.89. The number of carbonyl (C=O) groups is 1. The van der Waals surface area contributed by atoms with Crippen molar-refractivity contribution in [3.63, 3.8) is 0 Å². The van der Waals surface area contributed by atoms with E-state index in [1.807, 2.05) is 18.4 Å². The van der Waals surface area contributed by atoms with Gasteiger partial charge in [-0.3, -0.25) is 4.79 Å². The fourth-order valence-electron chi connectivity index (χ4n) is 1.66. The molecule has 4 N–H and O–H groups in total. The number of nitrogens with zero attached hydrogens (tertiary/aromatic N) is 2. The van der Waals surface area contributed by atoms with Crippen molar-refractivity contribution in [1.82, 2.24) is 9.97 Å². The summed E-state index contributed by atoms with van der Waals surface area (Å²) in [4.78, 5) is 20.5. The number of primary amides is 1. The van der Waals surface area contributed by atoms with Crippen molar-refractivity contribution >= 4 is 39.2 Å². The fourth-order valence-corrected chi connectivity index (χ4v) is 2.43. The Hall–Kier alpha value is -1.89. The van der Waals surface area contributed by atoms with Gasteiger partial charge in [0.05, 0.1) is 5.39 Å². The lowest BCUT2D eigenvalue weighted by Gasteiger charge is -2.14. The maximum Gasteiger partial charge on any atom is 0.225 e. The summed E-state index contributed by atoms with van der Waals surface area (Å²) >= 11 is 1.55. The highest BCUT2D eigenvalue weighted by atomic mass is 32.1. The molecule has 7 heteroatoms. The van der Waals surface area contributed by atoms with Crippen molar-refractivity contribution in [2.45, 2.75) is 19.4 Å². The largest absolute Gasteiger partial charge is 0.370 e. The van der Waals surface area contributed by atoms with Crippen LogP contribution in [0.5, 0.6) is 0 Å². The quantitative estimate of drug-likeness (QED) is 0.760. The molecule has 1 unspecified atom stereocenters. The molecular formula is C11H15N5OS. The van der Waals surface area contributed by atoms with Gasteiger partial charge in [-0.2, -0.15) is 4.98 Å². The van der Waals surface area contributed by atoms with E-state index in [1.54, 1.807) is 18.4 Å². The monoisotopic (exact) mass is 265 g/mol. The van der Waals surface area contributed by atoms with Crippen LogP contribution in [-0.2, 0) is 4.79 Å². The SMILES string of the molecule is CNc1nc(NC(C)CC(N)=O)c2ccsc2n1. The topological polar surface area (TPSA) is 92.9 Å². The average Bonchev–Trinajstić information content (AvgIpc) is 2.75. The molecule has 2 rings (SSSR count). The van der Waals surface area contributed by atoms with Gasteiger partial charge in [-0.05, 0) is 18.4 Å². The van der Waals surface area contributed by atoms with Crippen LogP contribution < -0.4 is 16.4 Å². The van der Waals surface area contributed by atoms with Gasteiger partial charge in [-0.1, -0.05) is 0 Å². The number of anilines is 2. The van der Waals surface area contributed by atoms with Gasteiger partial charge in [-0.25, -0.2) is 4.98 Å². The van der Waals surface area contributed by atoms with Gasteiger partial charge in [0.15, 0.2) is 0 Å². The summed E-state index contributed by atoms with van der Waals surface area (Å²) in [6.07, 6.45) is 0.268. The van der Waals surface area contributed by atoms with Gasteiger partial charge >= 0.3 is 0 Å². The van der Waals surface area contributed by atoms with Gasteiger partial charge in [0.2, 0.25) is 11.9 Å². The normalized spacial score (nSPS) is 12.3. The zero-order valence-corrected chi connectivity index (χ0v) is 11.0. The van der Waals surface area contributed by atoms with Crippen LogP contribution in [0.15, 0.2) is 11.4 Å². The molecule has 96 valence electrons. The maximum atomic E-state index is 10.9. The first kappa shape index (κ1) is 12.6. The molecule has 0 bridgehead atoms. The molecule has 0 radical (unpaired) electrons. The molecule has 2 aromatic heterocycles. The maximum absolute atomic E-state index is 10.9. The summed E-state index contributed by atoms with van der Waals surface area (Å²) in [5, 5.41) is 9.02. The van der Waals surface area contributed by atoms with Crippen LogP contribution in [0.1, 0.15) is 13.3 Å². The van der Waals surface area contributed by atoms with Crippen LogP contribution >= 0.6 is 11.3 Å². The van der Waals surface area contributed by atoms with Gasteiger partial charge in [0.1, 0.15) is 10.6 Å². The molecule has 0 fully saturated rings. The standard InChI is InChI=1S/C11H15N5OS/c1-6(5-8(12)17)14-9-7-3-4-18-10(7)16-11(13-2)15-9/h3-4,6H,5H2,1-2H3,(H2,12,17)(H2,13,14,15,16). The molecule has 0 aliphatic rings. The van der Waals surface area contributed by atoms with E-state index in [-0.39, 0.29) is 18.4 Å². The predicted octanol–water partition coefficient (Wildman–Crippen LogP) is 1.41. The minimum Gasteiger partial charge on any atom is -0.370 e. The molecule has 2 aromatic rings. The van der Waals surface area contributed by atoms with Crippen molar-refractivity contribution in [2.75, 3.05) is 17.7 Å². The summed E-state index contributed by atoms with van der Waals surface area (Å²) in [6.45, 7) is 1.89. The van der Waals surface area contributed by atoms with Crippen LogP contribution in [0.25, 0.3) is 10.2 Å². The van der Waals surface area contributed by atoms with Crippen molar-refractivity contribution in [3.05, 3.63) is 11.4 Å². The molecule has 2 heterocycles. The third-order valence-electron chi connectivity index (χ3n) is 2.44. The second-order valence-corrected chi connectivity index (χ2v) is 4.90. The van der Waals surface area contributed by atoms with Gasteiger partial charge in [0.25, 0.3) is 0 Å². The van der Waals surface area contributed by atoms with Crippen LogP contribution in [0.3, 0.4) is 0 Å². The molecule has 1 atom stereocenters. The lowest BCUT2D eigenvalue weighted by molar-refractivity contribution is -0.118. The number of fused-ring (bicyclic) bond motifs is 1. The Balaban J connectivity index is 2.30. The summed E-state index contributed by atoms with van der Waals surface area (Å²) < 4.78 is 0. The third kappa shape index (κ3) is 2.67. The number of thiophene rings is 1. The number of hydrogen-bond donors (Lipinski definition) is 3. The molecule has 0 aliphatic carbocycles. The van der Waals surface area contributed by atoms with Crippen molar-refractivity contribution in [1.29, 1.82) is 0 Å². The van der Waals surface area contributed by atoms with Crippen LogP contribution in [-0.4, -0.2) is 29.0 Å². The highest BCUT2D eigenvalue weighted by Gasteiger charge is 2.12. The van der Waals surface area contributed by atoms with E-state index >= 15 is 0 Å². The molecule has 0 aromatic carbocycles. The van der Waals surface area contributed by atoms with E-state index in [0.29, 0.717) is 5.95 Å². The van der Waals surface area contributed by atoms with Crippen molar-refractivity contribution in [2.24, 2.45) is 5.73 Å². The van der Waals surface area contributed by atoms with Crippen molar-refractivity contribution in [3.8, 4) is 0 Å². The van der Waals surface area contributed by atoms with E-state index in [2.05, 4.69) is 20.6 Å². The van der Waals surface area contributed by atoms with Gasteiger partial charge in [-0.15, -0.1) is 11.3 Å². The second kappa shape index (κ2) is 5.18. The summed E-state index contributed by atoms with van der Waals surface area (Å²) in [5.74, 6) is 0.942. The highest BCUT2D eigenvalue weighted by Crippen LogP contribution is 2.26. The number of nitrogens with one attached hydrogen (secondary N) is 2.